The summed E-state index contributed by atoms with van der Waals surface area (Å²) in [6, 6.07) is 28.5. The smallest absolute Gasteiger partial charge is 0.256 e. The number of aromatic amines is 2. The van der Waals surface area contributed by atoms with Gasteiger partial charge in [-0.05, 0) is 68.9 Å². The zero-order chi connectivity index (χ0) is 25.2. The Morgan fingerprint density at radius 1 is 0.946 bits per heavy atom. The van der Waals surface area contributed by atoms with Crippen LogP contribution in [0, 0.1) is 0 Å². The fourth-order valence-electron chi connectivity index (χ4n) is 5.05. The van der Waals surface area contributed by atoms with Gasteiger partial charge < -0.3 is 20.5 Å². The highest BCUT2D eigenvalue weighted by Crippen LogP contribution is 2.38. The molecule has 0 atom stereocenters. The van der Waals surface area contributed by atoms with Crippen LogP contribution < -0.4 is 10.6 Å². The van der Waals surface area contributed by atoms with Crippen molar-refractivity contribution in [3.8, 4) is 22.5 Å². The predicted octanol–water partition coefficient (Wildman–Crippen LogP) is 5.98. The number of benzene rings is 3. The van der Waals surface area contributed by atoms with E-state index in [1.807, 2.05) is 60.7 Å². The summed E-state index contributed by atoms with van der Waals surface area (Å²) in [6.07, 6.45) is 2.26. The number of carbonyl (C=O) groups is 1. The Morgan fingerprint density at radius 2 is 1.68 bits per heavy atom. The number of H-pyrrole nitrogens is 2. The molecule has 37 heavy (non-hydrogen) atoms. The summed E-state index contributed by atoms with van der Waals surface area (Å²) in [5, 5.41) is 15.2. The Bertz CT molecular complexity index is 1510. The summed E-state index contributed by atoms with van der Waals surface area (Å²) in [4.78, 5) is 18.8. The van der Waals surface area contributed by atoms with Crippen LogP contribution >= 0.6 is 0 Å². The number of hydrogen-bond donors (Lipinski definition) is 4. The van der Waals surface area contributed by atoms with E-state index in [4.69, 9.17) is 0 Å². The molecule has 7 nitrogen and oxygen atoms in total. The van der Waals surface area contributed by atoms with Gasteiger partial charge in [-0.1, -0.05) is 48.5 Å². The van der Waals surface area contributed by atoms with Gasteiger partial charge in [-0.25, -0.2) is 0 Å². The third-order valence-electron chi connectivity index (χ3n) is 7.09. The number of fused-ring (bicyclic) bond motifs is 1. The van der Waals surface area contributed by atoms with E-state index in [2.05, 4.69) is 62.0 Å². The van der Waals surface area contributed by atoms with E-state index in [1.54, 1.807) is 0 Å². The molecule has 0 aliphatic carbocycles. The van der Waals surface area contributed by atoms with Crippen molar-refractivity contribution >= 4 is 28.3 Å². The number of para-hydroxylation sites is 1. The number of likely N-dealkylation sites (tertiary alicyclic amines) is 1. The van der Waals surface area contributed by atoms with Crippen LogP contribution in [0.15, 0.2) is 84.9 Å². The number of hydrogen-bond acceptors (Lipinski definition) is 4. The Morgan fingerprint density at radius 3 is 2.46 bits per heavy atom. The molecule has 1 aliphatic rings. The van der Waals surface area contributed by atoms with E-state index in [1.165, 1.54) is 0 Å². The molecule has 1 fully saturated rings. The third kappa shape index (κ3) is 4.86. The van der Waals surface area contributed by atoms with Crippen molar-refractivity contribution in [3.63, 3.8) is 0 Å². The second-order valence-electron chi connectivity index (χ2n) is 9.71. The summed E-state index contributed by atoms with van der Waals surface area (Å²) >= 11 is 0. The number of aromatic nitrogens is 3. The Balaban J connectivity index is 1.19. The number of nitrogens with one attached hydrogen (secondary N) is 4. The third-order valence-corrected chi connectivity index (χ3v) is 7.09. The van der Waals surface area contributed by atoms with Crippen LogP contribution in [0.3, 0.4) is 0 Å². The number of amides is 1. The van der Waals surface area contributed by atoms with Gasteiger partial charge in [0.15, 0.2) is 0 Å². The number of carbonyl (C=O) groups excluding carboxylic acids is 1. The van der Waals surface area contributed by atoms with Gasteiger partial charge in [0, 0.05) is 39.8 Å². The van der Waals surface area contributed by atoms with Gasteiger partial charge in [0.05, 0.1) is 5.69 Å². The topological polar surface area (TPSA) is 88.8 Å². The second-order valence-corrected chi connectivity index (χ2v) is 9.71. The number of nitrogens with zero attached hydrogens (tertiary/aromatic N) is 2. The Hall–Kier alpha value is -4.36. The van der Waals surface area contributed by atoms with Crippen molar-refractivity contribution in [1.29, 1.82) is 0 Å². The minimum Gasteiger partial charge on any atom is -0.382 e. The summed E-state index contributed by atoms with van der Waals surface area (Å²) in [5.74, 6) is 0.368. The molecule has 186 valence electrons. The maximum Gasteiger partial charge on any atom is 0.256 e. The lowest BCUT2D eigenvalue weighted by atomic mass is 10.0. The average molecular weight is 491 g/mol. The second kappa shape index (κ2) is 9.95. The Kier molecular flexibility index (Phi) is 6.20. The van der Waals surface area contributed by atoms with Crippen LogP contribution in [0.4, 0.5) is 11.5 Å². The first-order chi connectivity index (χ1) is 18.1. The standard InChI is InChI=1S/C30H30N6O/c1-36-17-15-23(16-18-36)31-22-13-11-21(12-14-22)30(37)33-27-19-26(34-35-27)29-28(20-7-3-2-4-8-20)24-9-5-6-10-25(24)32-29/h2-14,19,23,31-32H,15-18H2,1H3,(H2,33,34,35,37). The summed E-state index contributed by atoms with van der Waals surface area (Å²) in [6.45, 7) is 2.21. The van der Waals surface area contributed by atoms with Crippen LogP contribution in [0.1, 0.15) is 23.2 Å². The fourth-order valence-corrected chi connectivity index (χ4v) is 5.05. The lowest BCUT2D eigenvalue weighted by molar-refractivity contribution is 0.102. The van der Waals surface area contributed by atoms with Crippen molar-refractivity contribution < 1.29 is 4.79 Å². The molecular formula is C30H30N6O. The quantitative estimate of drug-likeness (QED) is 0.236. The van der Waals surface area contributed by atoms with Crippen molar-refractivity contribution in [2.24, 2.45) is 0 Å². The molecule has 1 saturated heterocycles. The lowest BCUT2D eigenvalue weighted by Crippen LogP contribution is -2.36. The number of rotatable bonds is 6. The SMILES string of the molecule is CN1CCC(Nc2ccc(C(=O)Nc3cc(-c4[nH]c5ccccc5c4-c4ccccc4)n[nH]3)cc2)CC1. The maximum atomic E-state index is 12.9. The van der Waals surface area contributed by atoms with Gasteiger partial charge in [0.1, 0.15) is 11.5 Å². The maximum absolute atomic E-state index is 12.9. The van der Waals surface area contributed by atoms with Crippen LogP contribution in [0.5, 0.6) is 0 Å². The van der Waals surface area contributed by atoms with Crippen LogP contribution in [-0.4, -0.2) is 52.2 Å². The highest BCUT2D eigenvalue weighted by atomic mass is 16.1. The molecule has 6 rings (SSSR count). The molecule has 7 heteroatoms. The molecule has 5 aromatic rings. The molecular weight excluding hydrogens is 460 g/mol. The van der Waals surface area contributed by atoms with E-state index in [9.17, 15) is 4.79 Å². The van der Waals surface area contributed by atoms with Crippen molar-refractivity contribution in [2.45, 2.75) is 18.9 Å². The molecule has 2 aromatic heterocycles. The van der Waals surface area contributed by atoms with Crippen molar-refractivity contribution in [1.82, 2.24) is 20.1 Å². The first kappa shape index (κ1) is 23.1. The first-order valence-corrected chi connectivity index (χ1v) is 12.7. The summed E-state index contributed by atoms with van der Waals surface area (Å²) in [5.41, 5.74) is 6.53. The van der Waals surface area contributed by atoms with Crippen LogP contribution in [0.2, 0.25) is 0 Å². The molecule has 0 radical (unpaired) electrons. The van der Waals surface area contributed by atoms with Gasteiger partial charge in [0.25, 0.3) is 5.91 Å². The highest BCUT2D eigenvalue weighted by molar-refractivity contribution is 6.05. The molecule has 0 unspecified atom stereocenters. The molecule has 3 heterocycles. The highest BCUT2D eigenvalue weighted by Gasteiger charge is 2.19. The fraction of sp³-hybridized carbons (Fsp3) is 0.200. The van der Waals surface area contributed by atoms with Gasteiger partial charge in [-0.2, -0.15) is 5.10 Å². The largest absolute Gasteiger partial charge is 0.382 e. The number of anilines is 2. The van der Waals surface area contributed by atoms with Gasteiger partial charge in [0.2, 0.25) is 0 Å². The van der Waals surface area contributed by atoms with Crippen molar-refractivity contribution in [3.05, 3.63) is 90.5 Å². The lowest BCUT2D eigenvalue weighted by Gasteiger charge is -2.30. The zero-order valence-corrected chi connectivity index (χ0v) is 20.8. The van der Waals surface area contributed by atoms with E-state index >= 15 is 0 Å². The monoisotopic (exact) mass is 490 g/mol. The molecule has 0 bridgehead atoms. The minimum absolute atomic E-state index is 0.180. The van der Waals surface area contributed by atoms with Crippen LogP contribution in [0.25, 0.3) is 33.4 Å². The molecule has 0 spiro atoms. The van der Waals surface area contributed by atoms with Gasteiger partial charge in [-0.15, -0.1) is 0 Å². The van der Waals surface area contributed by atoms with Gasteiger partial charge in [-0.3, -0.25) is 9.89 Å². The van der Waals surface area contributed by atoms with E-state index in [-0.39, 0.29) is 5.91 Å². The molecule has 1 aliphatic heterocycles. The number of piperidine rings is 1. The van der Waals surface area contributed by atoms with Gasteiger partial charge >= 0.3 is 0 Å². The Labute approximate surface area is 215 Å². The minimum atomic E-state index is -0.180. The predicted molar refractivity (Wildman–Crippen MR) is 150 cm³/mol. The molecule has 0 saturated carbocycles. The van der Waals surface area contributed by atoms with E-state index < -0.39 is 0 Å². The van der Waals surface area contributed by atoms with Crippen molar-refractivity contribution in [2.75, 3.05) is 30.8 Å². The molecule has 4 N–H and O–H groups in total. The normalized spacial score (nSPS) is 14.6. The summed E-state index contributed by atoms with van der Waals surface area (Å²) < 4.78 is 0. The zero-order valence-electron chi connectivity index (χ0n) is 20.8. The van der Waals surface area contributed by atoms with E-state index in [0.717, 1.165) is 65.0 Å². The molecule has 1 amide bonds. The van der Waals surface area contributed by atoms with E-state index in [0.29, 0.717) is 17.4 Å². The summed E-state index contributed by atoms with van der Waals surface area (Å²) in [7, 11) is 2.16. The van der Waals surface area contributed by atoms with Crippen LogP contribution in [-0.2, 0) is 0 Å². The first-order valence-electron chi connectivity index (χ1n) is 12.7. The molecule has 3 aromatic carbocycles. The average Bonchev–Trinajstić information content (AvgIpc) is 3.55.